The number of thiocarbonyl (C=S) groups is 1. The number of nitrogens with zero attached hydrogens (tertiary/aromatic N) is 3. The maximum Gasteiger partial charge on any atom is 0.261 e. The highest BCUT2D eigenvalue weighted by molar-refractivity contribution is 7.82. The third kappa shape index (κ3) is 3.25. The van der Waals surface area contributed by atoms with Gasteiger partial charge >= 0.3 is 0 Å². The fourth-order valence-corrected chi connectivity index (χ4v) is 4.16. The number of aliphatic imine (C=N–C) groups is 1. The fraction of sp³-hybridized carbons (Fsp3) is 0.286. The predicted octanol–water partition coefficient (Wildman–Crippen LogP) is 3.66. The Kier molecular flexibility index (Phi) is 4.81. The monoisotopic (exact) mass is 399 g/mol. The van der Waals surface area contributed by atoms with Crippen molar-refractivity contribution < 1.29 is 13.6 Å². The topological polar surface area (TPSA) is 35.9 Å². The van der Waals surface area contributed by atoms with E-state index in [0.29, 0.717) is 29.1 Å². The molecule has 0 aliphatic carbocycles. The molecule has 0 atom stereocenters. The number of carbonyl (C=O) groups excluding carboxylic acids is 1. The quantitative estimate of drug-likeness (QED) is 0.723. The van der Waals surface area contributed by atoms with Gasteiger partial charge in [0.15, 0.2) is 0 Å². The molecule has 4 rings (SSSR count). The first-order valence-corrected chi connectivity index (χ1v) is 9.49. The number of benzene rings is 2. The molecule has 144 valence electrons. The fourth-order valence-electron chi connectivity index (χ4n) is 3.74. The lowest BCUT2D eigenvalue weighted by Gasteiger charge is -2.41. The molecule has 0 unspecified atom stereocenters. The summed E-state index contributed by atoms with van der Waals surface area (Å²) < 4.78 is 27.0. The summed E-state index contributed by atoms with van der Waals surface area (Å²) in [6, 6.07) is 11.5. The first kappa shape index (κ1) is 18.8. The van der Waals surface area contributed by atoms with Gasteiger partial charge in [0.1, 0.15) is 28.0 Å². The summed E-state index contributed by atoms with van der Waals surface area (Å²) in [4.78, 5) is 22.2. The largest absolute Gasteiger partial charge is 0.306 e. The van der Waals surface area contributed by atoms with Gasteiger partial charge in [0.2, 0.25) is 0 Å². The molecule has 1 spiro atoms. The molecule has 4 nitrogen and oxygen atoms in total. The lowest BCUT2D eigenvalue weighted by Crippen LogP contribution is -2.54. The zero-order valence-corrected chi connectivity index (χ0v) is 16.2. The number of amides is 1. The van der Waals surface area contributed by atoms with Crippen LogP contribution in [0, 0.1) is 11.6 Å². The Hall–Kier alpha value is -2.51. The van der Waals surface area contributed by atoms with E-state index in [1.807, 2.05) is 7.05 Å². The van der Waals surface area contributed by atoms with Crippen molar-refractivity contribution in [3.05, 3.63) is 71.3 Å². The summed E-state index contributed by atoms with van der Waals surface area (Å²) >= 11 is 5.64. The van der Waals surface area contributed by atoms with Crippen LogP contribution in [0.4, 0.5) is 8.78 Å². The first-order valence-electron chi connectivity index (χ1n) is 9.08. The number of hydrogen-bond acceptors (Lipinski definition) is 4. The van der Waals surface area contributed by atoms with Gasteiger partial charge < -0.3 is 4.90 Å². The van der Waals surface area contributed by atoms with Gasteiger partial charge in [0, 0.05) is 37.1 Å². The molecule has 0 N–H and O–H groups in total. The Bertz CT molecular complexity index is 966. The Labute approximate surface area is 167 Å². The van der Waals surface area contributed by atoms with Crippen LogP contribution in [0.15, 0.2) is 53.5 Å². The molecule has 1 amide bonds. The van der Waals surface area contributed by atoms with Crippen LogP contribution in [-0.4, -0.2) is 52.2 Å². The molecule has 1 saturated heterocycles. The van der Waals surface area contributed by atoms with Crippen molar-refractivity contribution in [3.63, 3.8) is 0 Å². The Morgan fingerprint density at radius 3 is 2.39 bits per heavy atom. The van der Waals surface area contributed by atoms with E-state index >= 15 is 0 Å². The second kappa shape index (κ2) is 7.14. The number of carbonyl (C=O) groups is 1. The molecule has 7 heteroatoms. The Morgan fingerprint density at radius 2 is 1.75 bits per heavy atom. The highest BCUT2D eigenvalue weighted by atomic mass is 32.1. The molecule has 28 heavy (non-hydrogen) atoms. The van der Waals surface area contributed by atoms with Crippen LogP contribution in [0.2, 0.25) is 0 Å². The minimum atomic E-state index is -0.795. The van der Waals surface area contributed by atoms with E-state index in [9.17, 15) is 13.6 Å². The lowest BCUT2D eigenvalue weighted by atomic mass is 9.95. The van der Waals surface area contributed by atoms with Gasteiger partial charge in [-0.2, -0.15) is 0 Å². The zero-order chi connectivity index (χ0) is 19.9. The molecule has 0 aromatic heterocycles. The van der Waals surface area contributed by atoms with Gasteiger partial charge in [0.25, 0.3) is 5.91 Å². The summed E-state index contributed by atoms with van der Waals surface area (Å²) in [6.07, 6.45) is 1.24. The third-order valence-corrected chi connectivity index (χ3v) is 5.70. The predicted molar refractivity (Wildman–Crippen MR) is 108 cm³/mol. The van der Waals surface area contributed by atoms with Gasteiger partial charge in [-0.15, -0.1) is 0 Å². The minimum Gasteiger partial charge on any atom is -0.306 e. The van der Waals surface area contributed by atoms with Crippen LogP contribution in [0.25, 0.3) is 0 Å². The van der Waals surface area contributed by atoms with E-state index in [1.54, 1.807) is 18.2 Å². The van der Waals surface area contributed by atoms with Crippen molar-refractivity contribution >= 4 is 28.8 Å². The van der Waals surface area contributed by atoms with Crippen molar-refractivity contribution in [2.75, 3.05) is 20.1 Å². The van der Waals surface area contributed by atoms with Gasteiger partial charge in [-0.05, 0) is 49.5 Å². The van der Waals surface area contributed by atoms with E-state index in [-0.39, 0.29) is 17.3 Å². The van der Waals surface area contributed by atoms with E-state index in [0.717, 1.165) is 13.1 Å². The van der Waals surface area contributed by atoms with Crippen LogP contribution < -0.4 is 0 Å². The third-order valence-electron chi connectivity index (χ3n) is 5.32. The average molecular weight is 399 g/mol. The highest BCUT2D eigenvalue weighted by Gasteiger charge is 2.49. The van der Waals surface area contributed by atoms with Gasteiger partial charge in [-0.3, -0.25) is 14.7 Å². The van der Waals surface area contributed by atoms with E-state index in [2.05, 4.69) is 4.90 Å². The molecule has 1 fully saturated rings. The van der Waals surface area contributed by atoms with Crippen molar-refractivity contribution in [3.8, 4) is 0 Å². The van der Waals surface area contributed by atoms with Crippen LogP contribution in [0.3, 0.4) is 0 Å². The van der Waals surface area contributed by atoms with E-state index < -0.39 is 11.5 Å². The van der Waals surface area contributed by atoms with Gasteiger partial charge in [-0.25, -0.2) is 8.78 Å². The highest BCUT2D eigenvalue weighted by Crippen LogP contribution is 2.37. The molecule has 0 bridgehead atoms. The molecule has 0 radical (unpaired) electrons. The molecule has 2 aliphatic heterocycles. The summed E-state index contributed by atoms with van der Waals surface area (Å²) in [5, 5.41) is 0. The molecule has 2 aromatic carbocycles. The van der Waals surface area contributed by atoms with Gasteiger partial charge in [0.05, 0.1) is 0 Å². The van der Waals surface area contributed by atoms with Crippen molar-refractivity contribution in [1.29, 1.82) is 0 Å². The molecular formula is C21H19F2N3OS. The SMILES string of the molecule is CN1CCC2(CC1)N=C(c1ccc(F)cc1)C(=S)N2C(=O)c1cccc(F)c1. The molecule has 2 heterocycles. The van der Waals surface area contributed by atoms with Crippen LogP contribution >= 0.6 is 12.2 Å². The maximum absolute atomic E-state index is 13.7. The summed E-state index contributed by atoms with van der Waals surface area (Å²) in [5.74, 6) is -1.20. The molecular weight excluding hydrogens is 380 g/mol. The zero-order valence-electron chi connectivity index (χ0n) is 15.4. The van der Waals surface area contributed by atoms with Crippen molar-refractivity contribution in [1.82, 2.24) is 9.80 Å². The van der Waals surface area contributed by atoms with E-state index in [1.165, 1.54) is 35.2 Å². The van der Waals surface area contributed by atoms with Gasteiger partial charge in [-0.1, -0.05) is 18.3 Å². The Balaban J connectivity index is 1.77. The molecule has 2 aromatic rings. The maximum atomic E-state index is 13.7. The summed E-state index contributed by atoms with van der Waals surface area (Å²) in [5.41, 5.74) is 0.608. The molecule has 0 saturated carbocycles. The normalized spacial score (nSPS) is 19.2. The van der Waals surface area contributed by atoms with Crippen LogP contribution in [0.1, 0.15) is 28.8 Å². The van der Waals surface area contributed by atoms with E-state index in [4.69, 9.17) is 17.2 Å². The number of likely N-dealkylation sites (tertiary alicyclic amines) is 1. The number of piperidine rings is 1. The average Bonchev–Trinajstić information content (AvgIpc) is 2.96. The summed E-state index contributed by atoms with van der Waals surface area (Å²) in [7, 11) is 2.02. The number of rotatable bonds is 2. The smallest absolute Gasteiger partial charge is 0.261 e. The molecule has 2 aliphatic rings. The Morgan fingerprint density at radius 1 is 1.07 bits per heavy atom. The van der Waals surface area contributed by atoms with Crippen LogP contribution in [-0.2, 0) is 0 Å². The van der Waals surface area contributed by atoms with Crippen molar-refractivity contribution in [2.45, 2.75) is 18.5 Å². The standard InChI is InChI=1S/C21H19F2N3OS/c1-25-11-9-21(10-12-25)24-18(14-5-7-16(22)8-6-14)20(28)26(21)19(27)15-3-2-4-17(23)13-15/h2-8,13H,9-12H2,1H3. The second-order valence-corrected chi connectivity index (χ2v) is 7.60. The van der Waals surface area contributed by atoms with Crippen LogP contribution in [0.5, 0.6) is 0 Å². The summed E-state index contributed by atoms with van der Waals surface area (Å²) in [6.45, 7) is 1.52. The number of halogens is 2. The number of hydrogen-bond donors (Lipinski definition) is 0. The lowest BCUT2D eigenvalue weighted by molar-refractivity contribution is 0.0571. The first-order chi connectivity index (χ1) is 13.4. The second-order valence-electron chi connectivity index (χ2n) is 7.21. The van der Waals surface area contributed by atoms with Crippen molar-refractivity contribution in [2.24, 2.45) is 4.99 Å². The minimum absolute atomic E-state index is 0.233.